The SMILES string of the molecule is O=C1c2cccc3c(N4CCCC4)ccc(c23)C(=O)N1Cc1ccccc1. The Balaban J connectivity index is 1.63. The second-order valence-corrected chi connectivity index (χ2v) is 7.24. The van der Waals surface area contributed by atoms with Crippen molar-refractivity contribution in [3.05, 3.63) is 77.4 Å². The highest BCUT2D eigenvalue weighted by atomic mass is 16.2. The maximum atomic E-state index is 13.1. The molecule has 5 rings (SSSR count). The van der Waals surface area contributed by atoms with Gasteiger partial charge in [-0.3, -0.25) is 14.5 Å². The summed E-state index contributed by atoms with van der Waals surface area (Å²) in [4.78, 5) is 30.0. The molecule has 0 spiro atoms. The van der Waals surface area contributed by atoms with E-state index in [1.165, 1.54) is 17.7 Å². The van der Waals surface area contributed by atoms with Gasteiger partial charge in [0, 0.05) is 40.7 Å². The fourth-order valence-electron chi connectivity index (χ4n) is 4.27. The molecule has 2 heterocycles. The minimum Gasteiger partial charge on any atom is -0.371 e. The summed E-state index contributed by atoms with van der Waals surface area (Å²) in [6.07, 6.45) is 2.37. The third-order valence-corrected chi connectivity index (χ3v) is 5.60. The van der Waals surface area contributed by atoms with E-state index in [1.807, 2.05) is 60.7 Å². The van der Waals surface area contributed by atoms with Crippen LogP contribution in [0.4, 0.5) is 5.69 Å². The molecule has 2 aliphatic rings. The Hall–Kier alpha value is -3.14. The van der Waals surface area contributed by atoms with E-state index in [4.69, 9.17) is 0 Å². The smallest absolute Gasteiger partial charge is 0.261 e. The van der Waals surface area contributed by atoms with Gasteiger partial charge < -0.3 is 4.90 Å². The van der Waals surface area contributed by atoms with Gasteiger partial charge in [-0.2, -0.15) is 0 Å². The second-order valence-electron chi connectivity index (χ2n) is 7.24. The van der Waals surface area contributed by atoms with E-state index >= 15 is 0 Å². The van der Waals surface area contributed by atoms with Crippen molar-refractivity contribution in [3.63, 3.8) is 0 Å². The van der Waals surface area contributed by atoms with Gasteiger partial charge in [0.15, 0.2) is 0 Å². The number of carbonyl (C=O) groups is 2. The van der Waals surface area contributed by atoms with Gasteiger partial charge in [-0.25, -0.2) is 0 Å². The van der Waals surface area contributed by atoms with Crippen molar-refractivity contribution in [1.82, 2.24) is 4.90 Å². The summed E-state index contributed by atoms with van der Waals surface area (Å²) in [7, 11) is 0. The lowest BCUT2D eigenvalue weighted by molar-refractivity contribution is 0.0598. The van der Waals surface area contributed by atoms with Crippen molar-refractivity contribution in [2.45, 2.75) is 19.4 Å². The fourth-order valence-corrected chi connectivity index (χ4v) is 4.27. The van der Waals surface area contributed by atoms with Crippen molar-refractivity contribution in [2.24, 2.45) is 0 Å². The summed E-state index contributed by atoms with van der Waals surface area (Å²) in [5.41, 5.74) is 3.33. The first-order valence-corrected chi connectivity index (χ1v) is 9.45. The first-order valence-electron chi connectivity index (χ1n) is 9.45. The summed E-state index contributed by atoms with van der Waals surface area (Å²) >= 11 is 0. The number of anilines is 1. The number of imide groups is 1. The van der Waals surface area contributed by atoms with E-state index in [1.54, 1.807) is 0 Å². The maximum absolute atomic E-state index is 13.1. The van der Waals surface area contributed by atoms with Crippen molar-refractivity contribution in [2.75, 3.05) is 18.0 Å². The van der Waals surface area contributed by atoms with E-state index in [2.05, 4.69) is 4.90 Å². The molecule has 0 aromatic heterocycles. The standard InChI is InChI=1S/C23H20N2O2/c26-22-18-10-6-9-17-20(24-13-4-5-14-24)12-11-19(21(17)18)23(27)25(22)15-16-7-2-1-3-8-16/h1-3,6-12H,4-5,13-15H2. The van der Waals surface area contributed by atoms with Gasteiger partial charge >= 0.3 is 0 Å². The Bertz CT molecular complexity index is 1030. The summed E-state index contributed by atoms with van der Waals surface area (Å²) < 4.78 is 0. The number of nitrogens with zero attached hydrogens (tertiary/aromatic N) is 2. The summed E-state index contributed by atoms with van der Waals surface area (Å²) in [6, 6.07) is 19.4. The largest absolute Gasteiger partial charge is 0.371 e. The van der Waals surface area contributed by atoms with Crippen LogP contribution in [0.25, 0.3) is 10.8 Å². The van der Waals surface area contributed by atoms with Gasteiger partial charge in [-0.05, 0) is 36.6 Å². The molecule has 0 N–H and O–H groups in total. The number of amides is 2. The van der Waals surface area contributed by atoms with E-state index in [-0.39, 0.29) is 11.8 Å². The summed E-state index contributed by atoms with van der Waals surface area (Å²) in [5, 5.41) is 1.81. The molecule has 1 fully saturated rings. The quantitative estimate of drug-likeness (QED) is 0.659. The Kier molecular flexibility index (Phi) is 3.71. The molecule has 2 aliphatic heterocycles. The van der Waals surface area contributed by atoms with Gasteiger partial charge in [0.05, 0.1) is 6.54 Å². The molecule has 0 atom stereocenters. The average molecular weight is 356 g/mol. The molecule has 0 saturated carbocycles. The first kappa shape index (κ1) is 16.1. The van der Waals surface area contributed by atoms with Crippen molar-refractivity contribution < 1.29 is 9.59 Å². The van der Waals surface area contributed by atoms with Crippen molar-refractivity contribution >= 4 is 28.3 Å². The molecule has 4 nitrogen and oxygen atoms in total. The number of hydrogen-bond donors (Lipinski definition) is 0. The highest BCUT2D eigenvalue weighted by molar-refractivity contribution is 6.26. The van der Waals surface area contributed by atoms with Gasteiger partial charge in [-0.1, -0.05) is 42.5 Å². The van der Waals surface area contributed by atoms with Crippen LogP contribution < -0.4 is 4.90 Å². The second kappa shape index (κ2) is 6.23. The zero-order chi connectivity index (χ0) is 18.4. The van der Waals surface area contributed by atoms with Crippen LogP contribution >= 0.6 is 0 Å². The molecule has 2 amide bonds. The molecule has 0 unspecified atom stereocenters. The van der Waals surface area contributed by atoms with E-state index < -0.39 is 0 Å². The highest BCUT2D eigenvalue weighted by Crippen LogP contribution is 2.37. The molecule has 4 heteroatoms. The highest BCUT2D eigenvalue weighted by Gasteiger charge is 2.33. The van der Waals surface area contributed by atoms with Crippen LogP contribution in [-0.4, -0.2) is 29.8 Å². The zero-order valence-electron chi connectivity index (χ0n) is 15.0. The third-order valence-electron chi connectivity index (χ3n) is 5.60. The molecule has 3 aromatic carbocycles. The van der Waals surface area contributed by atoms with E-state index in [0.29, 0.717) is 17.7 Å². The van der Waals surface area contributed by atoms with Gasteiger partial charge in [0.1, 0.15) is 0 Å². The lowest BCUT2D eigenvalue weighted by Gasteiger charge is -2.29. The van der Waals surface area contributed by atoms with Crippen LogP contribution in [0.1, 0.15) is 39.1 Å². The molecule has 0 bridgehead atoms. The van der Waals surface area contributed by atoms with Crippen molar-refractivity contribution in [1.29, 1.82) is 0 Å². The number of benzene rings is 3. The molecule has 0 radical (unpaired) electrons. The number of carbonyl (C=O) groups excluding carboxylic acids is 2. The van der Waals surface area contributed by atoms with Gasteiger partial charge in [-0.15, -0.1) is 0 Å². The summed E-state index contributed by atoms with van der Waals surface area (Å²) in [6.45, 7) is 2.35. The third kappa shape index (κ3) is 2.52. The topological polar surface area (TPSA) is 40.6 Å². The number of hydrogen-bond acceptors (Lipinski definition) is 3. The zero-order valence-corrected chi connectivity index (χ0v) is 15.0. The van der Waals surface area contributed by atoms with Gasteiger partial charge in [0.25, 0.3) is 11.8 Å². The molecule has 1 saturated heterocycles. The minimum absolute atomic E-state index is 0.208. The van der Waals surface area contributed by atoms with Crippen LogP contribution in [0.3, 0.4) is 0 Å². The molecule has 134 valence electrons. The molecule has 27 heavy (non-hydrogen) atoms. The van der Waals surface area contributed by atoms with Crippen LogP contribution in [0.2, 0.25) is 0 Å². The predicted octanol–water partition coefficient (Wildman–Crippen LogP) is 4.24. The molecular formula is C23H20N2O2. The lowest BCUT2D eigenvalue weighted by atomic mass is 9.92. The molecule has 3 aromatic rings. The van der Waals surface area contributed by atoms with E-state index in [0.717, 1.165) is 35.1 Å². The van der Waals surface area contributed by atoms with Gasteiger partial charge in [0.2, 0.25) is 0 Å². The van der Waals surface area contributed by atoms with Crippen LogP contribution in [0.15, 0.2) is 60.7 Å². The Labute approximate surface area is 158 Å². The Morgan fingerprint density at radius 1 is 0.741 bits per heavy atom. The minimum atomic E-state index is -0.208. The monoisotopic (exact) mass is 356 g/mol. The Morgan fingerprint density at radius 3 is 2.19 bits per heavy atom. The normalized spacial score (nSPS) is 16.4. The van der Waals surface area contributed by atoms with Crippen LogP contribution in [0.5, 0.6) is 0 Å². The van der Waals surface area contributed by atoms with Crippen LogP contribution in [0, 0.1) is 0 Å². The predicted molar refractivity (Wildman–Crippen MR) is 106 cm³/mol. The summed E-state index contributed by atoms with van der Waals surface area (Å²) in [5.74, 6) is -0.416. The Morgan fingerprint density at radius 2 is 1.44 bits per heavy atom. The fraction of sp³-hybridized carbons (Fsp3) is 0.217. The molecule has 0 aliphatic carbocycles. The first-order chi connectivity index (χ1) is 13.2. The number of rotatable bonds is 3. The van der Waals surface area contributed by atoms with Crippen molar-refractivity contribution in [3.8, 4) is 0 Å². The molecular weight excluding hydrogens is 336 g/mol. The lowest BCUT2D eigenvalue weighted by Crippen LogP contribution is -2.39. The van der Waals surface area contributed by atoms with E-state index in [9.17, 15) is 9.59 Å². The maximum Gasteiger partial charge on any atom is 0.261 e. The van der Waals surface area contributed by atoms with Crippen LogP contribution in [-0.2, 0) is 6.54 Å². The average Bonchev–Trinajstić information content (AvgIpc) is 3.24.